The Hall–Kier alpha value is -2.68. The molecule has 0 spiro atoms. The highest BCUT2D eigenvalue weighted by Gasteiger charge is 2.08. The fraction of sp³-hybridized carbons (Fsp3) is 0.188. The summed E-state index contributed by atoms with van der Waals surface area (Å²) in [4.78, 5) is 21.8. The van der Waals surface area contributed by atoms with Gasteiger partial charge in [-0.2, -0.15) is 0 Å². The third-order valence-electron chi connectivity index (χ3n) is 3.11. The van der Waals surface area contributed by atoms with Crippen LogP contribution in [0.1, 0.15) is 0 Å². The van der Waals surface area contributed by atoms with Crippen LogP contribution in [-0.2, 0) is 4.79 Å². The van der Waals surface area contributed by atoms with E-state index in [4.69, 9.17) is 0 Å². The number of thioether (sulfide) groups is 1. The zero-order valence-electron chi connectivity index (χ0n) is 13.0. The molecule has 0 saturated heterocycles. The number of nitrogens with one attached hydrogen (secondary N) is 2. The monoisotopic (exact) mass is 367 g/mol. The predicted molar refractivity (Wildman–Crippen MR) is 91.7 cm³/mol. The summed E-state index contributed by atoms with van der Waals surface area (Å²) in [5.41, 5.74) is 0.691. The number of halogens is 2. The Balaban J connectivity index is 1.68. The van der Waals surface area contributed by atoms with Crippen LogP contribution in [0.15, 0.2) is 47.4 Å². The summed E-state index contributed by atoms with van der Waals surface area (Å²) < 4.78 is 26.4. The third-order valence-corrected chi connectivity index (χ3v) is 4.14. The molecule has 1 amide bonds. The Bertz CT molecular complexity index is 757. The first-order valence-corrected chi connectivity index (χ1v) is 8.27. The van der Waals surface area contributed by atoms with E-state index in [0.717, 1.165) is 30.0 Å². The quantitative estimate of drug-likeness (QED) is 0.324. The van der Waals surface area contributed by atoms with Gasteiger partial charge < -0.3 is 10.6 Å². The lowest BCUT2D eigenvalue weighted by molar-refractivity contribution is -0.384. The number of non-ortho nitro benzene ring substituents is 1. The van der Waals surface area contributed by atoms with Gasteiger partial charge in [0.15, 0.2) is 0 Å². The highest BCUT2D eigenvalue weighted by atomic mass is 32.2. The number of rotatable bonds is 8. The van der Waals surface area contributed by atoms with Crippen molar-refractivity contribution in [3.05, 3.63) is 64.2 Å². The number of anilines is 1. The maximum atomic E-state index is 13.4. The Morgan fingerprint density at radius 1 is 1.12 bits per heavy atom. The summed E-state index contributed by atoms with van der Waals surface area (Å²) in [5, 5.41) is 16.2. The zero-order chi connectivity index (χ0) is 18.2. The van der Waals surface area contributed by atoms with E-state index in [2.05, 4.69) is 10.6 Å². The number of nitrogens with zero attached hydrogens (tertiary/aromatic N) is 1. The number of carbonyl (C=O) groups is 1. The van der Waals surface area contributed by atoms with Crippen LogP contribution in [0.4, 0.5) is 20.2 Å². The smallest absolute Gasteiger partial charge is 0.269 e. The number of carbonyl (C=O) groups excluding carboxylic acids is 1. The average Bonchev–Trinajstić information content (AvgIpc) is 2.60. The molecule has 2 rings (SSSR count). The lowest BCUT2D eigenvalue weighted by Gasteiger charge is -2.08. The Kier molecular flexibility index (Phi) is 6.70. The van der Waals surface area contributed by atoms with E-state index in [-0.39, 0.29) is 22.2 Å². The highest BCUT2D eigenvalue weighted by Crippen LogP contribution is 2.22. The van der Waals surface area contributed by atoms with Crippen LogP contribution in [0.3, 0.4) is 0 Å². The molecular weight excluding hydrogens is 352 g/mol. The minimum atomic E-state index is -0.570. The molecule has 0 heterocycles. The third kappa shape index (κ3) is 6.03. The van der Waals surface area contributed by atoms with Crippen LogP contribution >= 0.6 is 11.8 Å². The molecule has 0 aliphatic carbocycles. The standard InChI is InChI=1S/C16H15F2N3O3S/c17-11-1-6-14(18)15(9-11)25-10-16(22)20-8-7-19-12-2-4-13(5-3-12)21(23)24/h1-6,9,19H,7-8,10H2,(H,20,22). The van der Waals surface area contributed by atoms with E-state index in [1.807, 2.05) is 0 Å². The molecule has 2 aromatic carbocycles. The topological polar surface area (TPSA) is 84.3 Å². The second kappa shape index (κ2) is 8.97. The fourth-order valence-electron chi connectivity index (χ4n) is 1.89. The van der Waals surface area contributed by atoms with Crippen molar-refractivity contribution >= 4 is 29.0 Å². The molecule has 0 aromatic heterocycles. The molecule has 0 radical (unpaired) electrons. The van der Waals surface area contributed by atoms with Gasteiger partial charge in [-0.1, -0.05) is 0 Å². The van der Waals surface area contributed by atoms with Gasteiger partial charge in [0.1, 0.15) is 11.6 Å². The fourth-order valence-corrected chi connectivity index (χ4v) is 2.68. The maximum absolute atomic E-state index is 13.4. The molecule has 0 atom stereocenters. The SMILES string of the molecule is O=C(CSc1cc(F)ccc1F)NCCNc1ccc([N+](=O)[O-])cc1. The van der Waals surface area contributed by atoms with Crippen molar-refractivity contribution in [1.29, 1.82) is 0 Å². The van der Waals surface area contributed by atoms with Gasteiger partial charge in [0.05, 0.1) is 10.7 Å². The van der Waals surface area contributed by atoms with Crippen LogP contribution < -0.4 is 10.6 Å². The van der Waals surface area contributed by atoms with E-state index in [1.54, 1.807) is 12.1 Å². The highest BCUT2D eigenvalue weighted by molar-refractivity contribution is 8.00. The van der Waals surface area contributed by atoms with Gasteiger partial charge in [0, 0.05) is 35.8 Å². The summed E-state index contributed by atoms with van der Waals surface area (Å²) in [5.74, 6) is -1.47. The van der Waals surface area contributed by atoms with Crippen molar-refractivity contribution in [3.63, 3.8) is 0 Å². The van der Waals surface area contributed by atoms with Crippen molar-refractivity contribution in [1.82, 2.24) is 5.32 Å². The second-order valence-corrected chi connectivity index (χ2v) is 5.96. The molecule has 6 nitrogen and oxygen atoms in total. The summed E-state index contributed by atoms with van der Waals surface area (Å²) in [7, 11) is 0. The van der Waals surface area contributed by atoms with Crippen molar-refractivity contribution in [2.24, 2.45) is 0 Å². The first kappa shape index (κ1) is 18.7. The van der Waals surface area contributed by atoms with Crippen molar-refractivity contribution < 1.29 is 18.5 Å². The number of nitro benzene ring substituents is 1. The molecule has 2 N–H and O–H groups in total. The number of benzene rings is 2. The predicted octanol–water partition coefficient (Wildman–Crippen LogP) is 3.19. The molecular formula is C16H15F2N3O3S. The number of nitro groups is 1. The van der Waals surface area contributed by atoms with E-state index in [0.29, 0.717) is 18.8 Å². The summed E-state index contributed by atoms with van der Waals surface area (Å²) in [6.45, 7) is 0.741. The van der Waals surface area contributed by atoms with Gasteiger partial charge in [0.25, 0.3) is 5.69 Å². The van der Waals surface area contributed by atoms with Gasteiger partial charge in [-0.05, 0) is 30.3 Å². The molecule has 2 aromatic rings. The van der Waals surface area contributed by atoms with Crippen LogP contribution in [-0.4, -0.2) is 29.7 Å². The van der Waals surface area contributed by atoms with Gasteiger partial charge in [-0.15, -0.1) is 11.8 Å². The molecule has 0 aliphatic heterocycles. The summed E-state index contributed by atoms with van der Waals surface area (Å²) in [6, 6.07) is 8.98. The minimum absolute atomic E-state index is 0.000425. The number of amides is 1. The van der Waals surface area contributed by atoms with Gasteiger partial charge in [0.2, 0.25) is 5.91 Å². The molecule has 132 valence electrons. The number of hydrogen-bond donors (Lipinski definition) is 2. The molecule has 0 aliphatic rings. The second-order valence-electron chi connectivity index (χ2n) is 4.94. The molecule has 25 heavy (non-hydrogen) atoms. The average molecular weight is 367 g/mol. The first-order valence-electron chi connectivity index (χ1n) is 7.28. The van der Waals surface area contributed by atoms with Crippen molar-refractivity contribution in [3.8, 4) is 0 Å². The van der Waals surface area contributed by atoms with Crippen LogP contribution in [0, 0.1) is 21.7 Å². The number of hydrogen-bond acceptors (Lipinski definition) is 5. The molecule has 0 saturated carbocycles. The maximum Gasteiger partial charge on any atom is 0.269 e. The van der Waals surface area contributed by atoms with E-state index in [1.165, 1.54) is 12.1 Å². The van der Waals surface area contributed by atoms with E-state index >= 15 is 0 Å². The largest absolute Gasteiger partial charge is 0.383 e. The van der Waals surface area contributed by atoms with Crippen LogP contribution in [0.25, 0.3) is 0 Å². The van der Waals surface area contributed by atoms with Crippen molar-refractivity contribution in [2.45, 2.75) is 4.90 Å². The van der Waals surface area contributed by atoms with Gasteiger partial charge in [-0.25, -0.2) is 8.78 Å². The van der Waals surface area contributed by atoms with Gasteiger partial charge in [-0.3, -0.25) is 14.9 Å². The normalized spacial score (nSPS) is 10.3. The van der Waals surface area contributed by atoms with E-state index < -0.39 is 16.6 Å². The zero-order valence-corrected chi connectivity index (χ0v) is 13.8. The van der Waals surface area contributed by atoms with Crippen LogP contribution in [0.5, 0.6) is 0 Å². The Morgan fingerprint density at radius 3 is 2.52 bits per heavy atom. The molecule has 0 unspecified atom stereocenters. The molecule has 9 heteroatoms. The first-order chi connectivity index (χ1) is 12.0. The van der Waals surface area contributed by atoms with Gasteiger partial charge >= 0.3 is 0 Å². The lowest BCUT2D eigenvalue weighted by Crippen LogP contribution is -2.30. The van der Waals surface area contributed by atoms with Crippen molar-refractivity contribution in [2.75, 3.05) is 24.2 Å². The lowest BCUT2D eigenvalue weighted by atomic mass is 10.3. The van der Waals surface area contributed by atoms with Crippen LogP contribution in [0.2, 0.25) is 0 Å². The van der Waals surface area contributed by atoms with E-state index in [9.17, 15) is 23.7 Å². The molecule has 0 fully saturated rings. The summed E-state index contributed by atoms with van der Waals surface area (Å²) >= 11 is 0.917. The molecule has 0 bridgehead atoms. The minimum Gasteiger partial charge on any atom is -0.383 e. The Labute approximate surface area is 146 Å². The summed E-state index contributed by atoms with van der Waals surface area (Å²) in [6.07, 6.45) is 0. The Morgan fingerprint density at radius 2 is 1.84 bits per heavy atom.